The summed E-state index contributed by atoms with van der Waals surface area (Å²) in [7, 11) is 1.94. The van der Waals surface area contributed by atoms with Crippen LogP contribution in [0.3, 0.4) is 0 Å². The fourth-order valence-electron chi connectivity index (χ4n) is 2.28. The molecule has 1 aliphatic heterocycles. The molecule has 1 saturated heterocycles. The Morgan fingerprint density at radius 2 is 2.33 bits per heavy atom. The number of nitriles is 1. The van der Waals surface area contributed by atoms with E-state index in [2.05, 4.69) is 16.3 Å². The van der Waals surface area contributed by atoms with Crippen LogP contribution in [0.1, 0.15) is 11.1 Å². The predicted molar refractivity (Wildman–Crippen MR) is 70.1 cm³/mol. The van der Waals surface area contributed by atoms with Crippen LogP contribution in [0.25, 0.3) is 0 Å². The molecule has 1 aromatic rings. The van der Waals surface area contributed by atoms with Gasteiger partial charge in [-0.2, -0.15) is 5.26 Å². The van der Waals surface area contributed by atoms with Gasteiger partial charge in [-0.3, -0.25) is 4.90 Å². The van der Waals surface area contributed by atoms with Crippen LogP contribution in [-0.2, 0) is 11.3 Å². The van der Waals surface area contributed by atoms with Gasteiger partial charge in [-0.25, -0.2) is 0 Å². The van der Waals surface area contributed by atoms with E-state index in [1.807, 2.05) is 31.3 Å². The molecular formula is C14H19N3O. The van der Waals surface area contributed by atoms with Crippen LogP contribution in [0.2, 0.25) is 0 Å². The molecule has 4 nitrogen and oxygen atoms in total. The summed E-state index contributed by atoms with van der Waals surface area (Å²) in [6.45, 7) is 4.31. The Morgan fingerprint density at radius 1 is 1.50 bits per heavy atom. The largest absolute Gasteiger partial charge is 0.374 e. The number of benzene rings is 1. The van der Waals surface area contributed by atoms with Gasteiger partial charge in [0.15, 0.2) is 0 Å². The molecule has 2 rings (SSSR count). The average molecular weight is 245 g/mol. The molecule has 1 N–H and O–H groups in total. The molecule has 0 saturated carbocycles. The maximum atomic E-state index is 9.08. The molecule has 0 bridgehead atoms. The van der Waals surface area contributed by atoms with Crippen molar-refractivity contribution in [2.45, 2.75) is 12.6 Å². The molecule has 0 amide bonds. The van der Waals surface area contributed by atoms with E-state index in [1.54, 1.807) is 0 Å². The van der Waals surface area contributed by atoms with Crippen molar-refractivity contribution in [1.82, 2.24) is 10.2 Å². The number of hydrogen-bond donors (Lipinski definition) is 1. The van der Waals surface area contributed by atoms with Crippen LogP contribution in [0, 0.1) is 11.3 Å². The van der Waals surface area contributed by atoms with E-state index in [0.717, 1.165) is 43.9 Å². The highest BCUT2D eigenvalue weighted by atomic mass is 16.5. The molecule has 0 spiro atoms. The Bertz CT molecular complexity index is 425. The Hall–Kier alpha value is -1.41. The molecule has 1 fully saturated rings. The van der Waals surface area contributed by atoms with Crippen LogP contribution in [0.5, 0.6) is 0 Å². The van der Waals surface area contributed by atoms with Gasteiger partial charge in [0, 0.05) is 26.2 Å². The highest BCUT2D eigenvalue weighted by Gasteiger charge is 2.20. The third-order valence-corrected chi connectivity index (χ3v) is 3.19. The first-order chi connectivity index (χ1) is 8.83. The number of ether oxygens (including phenoxy) is 1. The Balaban J connectivity index is 1.98. The van der Waals surface area contributed by atoms with Crippen molar-refractivity contribution in [3.8, 4) is 6.07 Å². The van der Waals surface area contributed by atoms with E-state index in [-0.39, 0.29) is 6.10 Å². The zero-order chi connectivity index (χ0) is 12.8. The second-order valence-electron chi connectivity index (χ2n) is 4.55. The molecule has 0 radical (unpaired) electrons. The smallest absolute Gasteiger partial charge is 0.0995 e. The third kappa shape index (κ3) is 3.30. The van der Waals surface area contributed by atoms with E-state index < -0.39 is 0 Å². The third-order valence-electron chi connectivity index (χ3n) is 3.19. The number of rotatable bonds is 4. The number of hydrogen-bond acceptors (Lipinski definition) is 4. The predicted octanol–water partition coefficient (Wildman–Crippen LogP) is 0.978. The summed E-state index contributed by atoms with van der Waals surface area (Å²) in [5, 5.41) is 12.2. The van der Waals surface area contributed by atoms with Gasteiger partial charge < -0.3 is 10.1 Å². The van der Waals surface area contributed by atoms with Crippen molar-refractivity contribution >= 4 is 0 Å². The van der Waals surface area contributed by atoms with Crippen LogP contribution in [0.4, 0.5) is 0 Å². The number of likely N-dealkylation sites (N-methyl/N-ethyl adjacent to an activating group) is 1. The standard InChI is InChI=1S/C14H19N3O/c1-16-9-14-11-17(6-7-18-14)10-13-5-3-2-4-12(13)8-15/h2-5,14,16H,6-7,9-11H2,1H3. The molecule has 1 unspecified atom stereocenters. The Kier molecular flexibility index (Phi) is 4.71. The normalized spacial score (nSPS) is 20.6. The highest BCUT2D eigenvalue weighted by Crippen LogP contribution is 2.13. The molecule has 4 heteroatoms. The van der Waals surface area contributed by atoms with Gasteiger partial charge in [-0.1, -0.05) is 18.2 Å². The van der Waals surface area contributed by atoms with Crippen molar-refractivity contribution < 1.29 is 4.74 Å². The second kappa shape index (κ2) is 6.50. The summed E-state index contributed by atoms with van der Waals surface area (Å²) in [5.41, 5.74) is 1.87. The molecule has 1 aliphatic rings. The topological polar surface area (TPSA) is 48.3 Å². The van der Waals surface area contributed by atoms with Crippen molar-refractivity contribution in [2.24, 2.45) is 0 Å². The van der Waals surface area contributed by atoms with Crippen LogP contribution < -0.4 is 5.32 Å². The van der Waals surface area contributed by atoms with Gasteiger partial charge in [0.25, 0.3) is 0 Å². The monoisotopic (exact) mass is 245 g/mol. The summed E-state index contributed by atoms with van der Waals surface area (Å²) in [6, 6.07) is 10.1. The first-order valence-corrected chi connectivity index (χ1v) is 6.30. The molecule has 0 aliphatic carbocycles. The van der Waals surface area contributed by atoms with Crippen LogP contribution >= 0.6 is 0 Å². The summed E-state index contributed by atoms with van der Waals surface area (Å²) >= 11 is 0. The lowest BCUT2D eigenvalue weighted by molar-refractivity contribution is -0.0291. The molecule has 1 atom stereocenters. The maximum Gasteiger partial charge on any atom is 0.0995 e. The zero-order valence-electron chi connectivity index (χ0n) is 10.7. The van der Waals surface area contributed by atoms with Crippen molar-refractivity contribution in [1.29, 1.82) is 5.26 Å². The van der Waals surface area contributed by atoms with E-state index >= 15 is 0 Å². The van der Waals surface area contributed by atoms with E-state index in [4.69, 9.17) is 10.00 Å². The summed E-state index contributed by atoms with van der Waals surface area (Å²) in [5.74, 6) is 0. The minimum Gasteiger partial charge on any atom is -0.374 e. The first kappa shape index (κ1) is 13.0. The fraction of sp³-hybridized carbons (Fsp3) is 0.500. The van der Waals surface area contributed by atoms with Crippen molar-refractivity contribution in [3.05, 3.63) is 35.4 Å². The Morgan fingerprint density at radius 3 is 3.11 bits per heavy atom. The summed E-state index contributed by atoms with van der Waals surface area (Å²) in [6.07, 6.45) is 0.248. The van der Waals surface area contributed by atoms with Gasteiger partial charge in [0.2, 0.25) is 0 Å². The summed E-state index contributed by atoms with van der Waals surface area (Å²) < 4.78 is 5.67. The van der Waals surface area contributed by atoms with Gasteiger partial charge in [-0.05, 0) is 18.7 Å². The molecule has 18 heavy (non-hydrogen) atoms. The lowest BCUT2D eigenvalue weighted by Gasteiger charge is -2.33. The van der Waals surface area contributed by atoms with Crippen molar-refractivity contribution in [2.75, 3.05) is 33.3 Å². The maximum absolute atomic E-state index is 9.08. The van der Waals surface area contributed by atoms with Crippen LogP contribution in [0.15, 0.2) is 24.3 Å². The van der Waals surface area contributed by atoms with Gasteiger partial charge in [-0.15, -0.1) is 0 Å². The van der Waals surface area contributed by atoms with Gasteiger partial charge in [0.05, 0.1) is 24.3 Å². The number of morpholine rings is 1. The fourth-order valence-corrected chi connectivity index (χ4v) is 2.28. The molecule has 0 aromatic heterocycles. The minimum atomic E-state index is 0.248. The lowest BCUT2D eigenvalue weighted by Crippen LogP contribution is -2.45. The Labute approximate surface area is 108 Å². The highest BCUT2D eigenvalue weighted by molar-refractivity contribution is 5.37. The van der Waals surface area contributed by atoms with Gasteiger partial charge in [0.1, 0.15) is 0 Å². The lowest BCUT2D eigenvalue weighted by atomic mass is 10.1. The quantitative estimate of drug-likeness (QED) is 0.859. The number of nitrogens with one attached hydrogen (secondary N) is 1. The SMILES string of the molecule is CNCC1CN(Cc2ccccc2C#N)CCO1. The molecule has 96 valence electrons. The molecular weight excluding hydrogens is 226 g/mol. The second-order valence-corrected chi connectivity index (χ2v) is 4.55. The minimum absolute atomic E-state index is 0.248. The zero-order valence-corrected chi connectivity index (χ0v) is 10.7. The van der Waals surface area contributed by atoms with Gasteiger partial charge >= 0.3 is 0 Å². The first-order valence-electron chi connectivity index (χ1n) is 6.30. The molecule has 1 aromatic carbocycles. The number of nitrogens with zero attached hydrogens (tertiary/aromatic N) is 2. The van der Waals surface area contributed by atoms with E-state index in [0.29, 0.717) is 0 Å². The van der Waals surface area contributed by atoms with E-state index in [1.165, 1.54) is 0 Å². The summed E-state index contributed by atoms with van der Waals surface area (Å²) in [4.78, 5) is 2.35. The average Bonchev–Trinajstić information content (AvgIpc) is 2.40. The van der Waals surface area contributed by atoms with Crippen molar-refractivity contribution in [3.63, 3.8) is 0 Å². The molecule has 1 heterocycles. The van der Waals surface area contributed by atoms with Crippen LogP contribution in [-0.4, -0.2) is 44.3 Å². The van der Waals surface area contributed by atoms with E-state index in [9.17, 15) is 0 Å².